The first-order valence-electron chi connectivity index (χ1n) is 6.47. The lowest BCUT2D eigenvalue weighted by atomic mass is 9.71. The summed E-state index contributed by atoms with van der Waals surface area (Å²) in [7, 11) is 2.23. The average Bonchev–Trinajstić information content (AvgIpc) is 2.17. The fraction of sp³-hybridized carbons (Fsp3) is 1.00. The van der Waals surface area contributed by atoms with Crippen LogP contribution in [0.5, 0.6) is 0 Å². The van der Waals surface area contributed by atoms with Gasteiger partial charge in [0.05, 0.1) is 0 Å². The SMILES string of the molecule is CCN(C)CC(C)(CC)CC(C)(C)CC. The first-order chi connectivity index (χ1) is 6.78. The standard InChI is InChI=1S/C14H31N/c1-8-13(4,5)11-14(6,9-2)12-15(7)10-3/h8-12H2,1-7H3. The second-order valence-electron chi connectivity index (χ2n) is 6.19. The zero-order valence-electron chi connectivity index (χ0n) is 12.0. The van der Waals surface area contributed by atoms with Gasteiger partial charge in [0.15, 0.2) is 0 Å². The van der Waals surface area contributed by atoms with Crippen LogP contribution in [-0.2, 0) is 0 Å². The molecule has 1 atom stereocenters. The summed E-state index contributed by atoms with van der Waals surface area (Å²) in [6.07, 6.45) is 3.89. The van der Waals surface area contributed by atoms with E-state index in [2.05, 4.69) is 53.5 Å². The van der Waals surface area contributed by atoms with E-state index in [9.17, 15) is 0 Å². The molecule has 1 heteroatoms. The van der Waals surface area contributed by atoms with Crippen molar-refractivity contribution in [3.8, 4) is 0 Å². The number of hydrogen-bond donors (Lipinski definition) is 0. The zero-order valence-corrected chi connectivity index (χ0v) is 12.0. The second-order valence-corrected chi connectivity index (χ2v) is 6.19. The van der Waals surface area contributed by atoms with Crippen LogP contribution in [-0.4, -0.2) is 25.0 Å². The van der Waals surface area contributed by atoms with Crippen molar-refractivity contribution in [2.45, 2.75) is 60.8 Å². The van der Waals surface area contributed by atoms with E-state index in [0.29, 0.717) is 10.8 Å². The summed E-state index contributed by atoms with van der Waals surface area (Å²) in [6, 6.07) is 0. The molecule has 0 fully saturated rings. The Morgan fingerprint density at radius 2 is 1.47 bits per heavy atom. The summed E-state index contributed by atoms with van der Waals surface area (Å²) in [5.41, 5.74) is 0.962. The monoisotopic (exact) mass is 213 g/mol. The van der Waals surface area contributed by atoms with E-state index >= 15 is 0 Å². The van der Waals surface area contributed by atoms with E-state index in [4.69, 9.17) is 0 Å². The zero-order chi connectivity index (χ0) is 12.1. The molecule has 0 N–H and O–H groups in total. The highest BCUT2D eigenvalue weighted by Gasteiger charge is 2.30. The fourth-order valence-electron chi connectivity index (χ4n) is 2.34. The van der Waals surface area contributed by atoms with Crippen LogP contribution in [0.4, 0.5) is 0 Å². The van der Waals surface area contributed by atoms with Crippen LogP contribution in [0.3, 0.4) is 0 Å². The van der Waals surface area contributed by atoms with Gasteiger partial charge < -0.3 is 4.90 Å². The van der Waals surface area contributed by atoms with Gasteiger partial charge in [-0.25, -0.2) is 0 Å². The number of nitrogens with zero attached hydrogens (tertiary/aromatic N) is 1. The molecule has 0 aromatic carbocycles. The number of rotatable bonds is 7. The first kappa shape index (κ1) is 15.0. The molecule has 0 saturated carbocycles. The lowest BCUT2D eigenvalue weighted by molar-refractivity contribution is 0.116. The highest BCUT2D eigenvalue weighted by atomic mass is 15.1. The maximum absolute atomic E-state index is 2.44. The highest BCUT2D eigenvalue weighted by Crippen LogP contribution is 2.38. The molecule has 0 aliphatic rings. The van der Waals surface area contributed by atoms with E-state index in [-0.39, 0.29) is 0 Å². The third-order valence-electron chi connectivity index (χ3n) is 3.91. The van der Waals surface area contributed by atoms with Crippen molar-refractivity contribution in [3.63, 3.8) is 0 Å². The Morgan fingerprint density at radius 3 is 1.80 bits per heavy atom. The normalized spacial score (nSPS) is 16.8. The van der Waals surface area contributed by atoms with Crippen LogP contribution in [0.15, 0.2) is 0 Å². The first-order valence-corrected chi connectivity index (χ1v) is 6.47. The smallest absolute Gasteiger partial charge is 0.00323 e. The molecular weight excluding hydrogens is 182 g/mol. The van der Waals surface area contributed by atoms with Gasteiger partial charge in [0.25, 0.3) is 0 Å². The molecular formula is C14H31N. The molecule has 0 aromatic rings. The van der Waals surface area contributed by atoms with Crippen molar-refractivity contribution in [3.05, 3.63) is 0 Å². The second kappa shape index (κ2) is 5.89. The lowest BCUT2D eigenvalue weighted by Crippen LogP contribution is -2.36. The molecule has 0 aromatic heterocycles. The van der Waals surface area contributed by atoms with E-state index in [0.717, 1.165) is 6.54 Å². The molecule has 0 rings (SSSR count). The summed E-state index contributed by atoms with van der Waals surface area (Å²) in [4.78, 5) is 2.44. The van der Waals surface area contributed by atoms with Crippen LogP contribution >= 0.6 is 0 Å². The fourth-order valence-corrected chi connectivity index (χ4v) is 2.34. The molecule has 0 spiro atoms. The van der Waals surface area contributed by atoms with Crippen LogP contribution in [0.25, 0.3) is 0 Å². The highest BCUT2D eigenvalue weighted by molar-refractivity contribution is 4.82. The van der Waals surface area contributed by atoms with Crippen molar-refractivity contribution in [2.75, 3.05) is 20.1 Å². The molecule has 0 amide bonds. The average molecular weight is 213 g/mol. The van der Waals surface area contributed by atoms with Crippen molar-refractivity contribution in [1.82, 2.24) is 4.90 Å². The summed E-state index contributed by atoms with van der Waals surface area (Å²) in [5.74, 6) is 0. The maximum Gasteiger partial charge on any atom is 0.00323 e. The minimum absolute atomic E-state index is 0.476. The van der Waals surface area contributed by atoms with Gasteiger partial charge in [-0.15, -0.1) is 0 Å². The summed E-state index contributed by atoms with van der Waals surface area (Å²) in [6.45, 7) is 16.5. The van der Waals surface area contributed by atoms with Gasteiger partial charge in [-0.1, -0.05) is 48.0 Å². The Balaban J connectivity index is 4.43. The van der Waals surface area contributed by atoms with Crippen molar-refractivity contribution < 1.29 is 0 Å². The van der Waals surface area contributed by atoms with Gasteiger partial charge in [0.2, 0.25) is 0 Å². The predicted molar refractivity (Wildman–Crippen MR) is 70.3 cm³/mol. The van der Waals surface area contributed by atoms with E-state index in [1.165, 1.54) is 25.8 Å². The van der Waals surface area contributed by atoms with Crippen molar-refractivity contribution in [2.24, 2.45) is 10.8 Å². The van der Waals surface area contributed by atoms with Crippen LogP contribution in [0.1, 0.15) is 60.8 Å². The summed E-state index contributed by atoms with van der Waals surface area (Å²) >= 11 is 0. The maximum atomic E-state index is 2.44. The van der Waals surface area contributed by atoms with Gasteiger partial charge in [-0.3, -0.25) is 0 Å². The Kier molecular flexibility index (Phi) is 5.87. The quantitative estimate of drug-likeness (QED) is 0.613. The topological polar surface area (TPSA) is 3.24 Å². The van der Waals surface area contributed by atoms with Gasteiger partial charge in [0, 0.05) is 6.54 Å². The Hall–Kier alpha value is -0.0400. The van der Waals surface area contributed by atoms with E-state index < -0.39 is 0 Å². The molecule has 0 saturated heterocycles. The molecule has 15 heavy (non-hydrogen) atoms. The van der Waals surface area contributed by atoms with Crippen molar-refractivity contribution >= 4 is 0 Å². The van der Waals surface area contributed by atoms with Crippen LogP contribution in [0.2, 0.25) is 0 Å². The molecule has 0 aliphatic carbocycles. The van der Waals surface area contributed by atoms with Crippen LogP contribution < -0.4 is 0 Å². The third-order valence-corrected chi connectivity index (χ3v) is 3.91. The molecule has 0 radical (unpaired) electrons. The Morgan fingerprint density at radius 1 is 0.933 bits per heavy atom. The van der Waals surface area contributed by atoms with Gasteiger partial charge in [-0.05, 0) is 37.3 Å². The Bertz CT molecular complexity index is 174. The van der Waals surface area contributed by atoms with E-state index in [1.54, 1.807) is 0 Å². The predicted octanol–water partition coefficient (Wildman–Crippen LogP) is 4.18. The minimum atomic E-state index is 0.476. The number of hydrogen-bond acceptors (Lipinski definition) is 1. The molecule has 92 valence electrons. The van der Waals surface area contributed by atoms with Gasteiger partial charge in [-0.2, -0.15) is 0 Å². The summed E-state index contributed by atoms with van der Waals surface area (Å²) in [5, 5.41) is 0. The third kappa shape index (κ3) is 5.55. The van der Waals surface area contributed by atoms with Gasteiger partial charge >= 0.3 is 0 Å². The molecule has 1 unspecified atom stereocenters. The van der Waals surface area contributed by atoms with E-state index in [1.807, 2.05) is 0 Å². The largest absolute Gasteiger partial charge is 0.306 e. The summed E-state index contributed by atoms with van der Waals surface area (Å²) < 4.78 is 0. The molecule has 1 nitrogen and oxygen atoms in total. The van der Waals surface area contributed by atoms with Crippen LogP contribution in [0, 0.1) is 10.8 Å². The Labute approximate surface area is 97.2 Å². The minimum Gasteiger partial charge on any atom is -0.306 e. The molecule has 0 bridgehead atoms. The molecule has 0 heterocycles. The molecule has 0 aliphatic heterocycles. The van der Waals surface area contributed by atoms with Crippen molar-refractivity contribution in [1.29, 1.82) is 0 Å². The lowest BCUT2D eigenvalue weighted by Gasteiger charge is -2.39. The van der Waals surface area contributed by atoms with Gasteiger partial charge in [0.1, 0.15) is 0 Å².